The zero-order valence-corrected chi connectivity index (χ0v) is 8.38. The molecule has 0 rings (SSSR count). The van der Waals surface area contributed by atoms with Gasteiger partial charge in [-0.2, -0.15) is 13.2 Å². The average molecular weight is 237 g/mol. The molecule has 1 N–H and O–H groups in total. The fraction of sp³-hybridized carbons (Fsp3) is 0.333. The highest BCUT2D eigenvalue weighted by Crippen LogP contribution is 2.15. The van der Waals surface area contributed by atoms with Gasteiger partial charge in [0, 0.05) is 24.6 Å². The van der Waals surface area contributed by atoms with Crippen molar-refractivity contribution in [3.05, 3.63) is 24.6 Å². The third-order valence-corrected chi connectivity index (χ3v) is 1.21. The van der Waals surface area contributed by atoms with E-state index in [0.717, 1.165) is 18.5 Å². The highest BCUT2D eigenvalue weighted by molar-refractivity contribution is 5.94. The Hall–Kier alpha value is -1.79. The van der Waals surface area contributed by atoms with Crippen LogP contribution in [-0.2, 0) is 14.3 Å². The van der Waals surface area contributed by atoms with Crippen molar-refractivity contribution in [3.8, 4) is 0 Å². The predicted molar refractivity (Wildman–Crippen MR) is 49.1 cm³/mol. The van der Waals surface area contributed by atoms with Crippen molar-refractivity contribution in [3.63, 3.8) is 0 Å². The maximum absolute atomic E-state index is 11.7. The summed E-state index contributed by atoms with van der Waals surface area (Å²) < 4.78 is 39.5. The highest BCUT2D eigenvalue weighted by atomic mass is 19.4. The first-order chi connectivity index (χ1) is 7.38. The van der Waals surface area contributed by atoms with E-state index in [4.69, 9.17) is 0 Å². The molecule has 0 amide bonds. The average Bonchev–Trinajstić information content (AvgIpc) is 2.16. The molecule has 0 atom stereocenters. The molecule has 4 nitrogen and oxygen atoms in total. The number of alkyl halides is 3. The molecule has 0 unspecified atom stereocenters. The zero-order valence-electron chi connectivity index (χ0n) is 8.38. The standard InChI is InChI=1S/C9H10F3NO3/c1-2-16-8(15)4-6-13-5-3-7(14)9(10,11)12/h3-6,13H,2H2,1H3. The van der Waals surface area contributed by atoms with Crippen molar-refractivity contribution in [2.24, 2.45) is 0 Å². The molecule has 7 heteroatoms. The number of allylic oxidation sites excluding steroid dienone is 1. The van der Waals surface area contributed by atoms with Gasteiger partial charge in [0.25, 0.3) is 5.78 Å². The van der Waals surface area contributed by atoms with Gasteiger partial charge in [-0.15, -0.1) is 0 Å². The minimum atomic E-state index is -4.89. The lowest BCUT2D eigenvalue weighted by Gasteiger charge is -1.98. The summed E-state index contributed by atoms with van der Waals surface area (Å²) in [7, 11) is 0. The predicted octanol–water partition coefficient (Wildman–Crippen LogP) is 1.30. The van der Waals surface area contributed by atoms with Crippen molar-refractivity contribution in [2.75, 3.05) is 6.61 Å². The quantitative estimate of drug-likeness (QED) is 0.578. The number of ketones is 1. The maximum atomic E-state index is 11.7. The molecule has 0 aliphatic heterocycles. The van der Waals surface area contributed by atoms with Crippen molar-refractivity contribution >= 4 is 11.8 Å². The molecule has 0 radical (unpaired) electrons. The summed E-state index contributed by atoms with van der Waals surface area (Å²) in [4.78, 5) is 21.0. The number of ether oxygens (including phenoxy) is 1. The molecule has 90 valence electrons. The molecule has 0 aliphatic carbocycles. The smallest absolute Gasteiger partial charge is 0.454 e. The number of esters is 1. The summed E-state index contributed by atoms with van der Waals surface area (Å²) in [5.74, 6) is -2.62. The topological polar surface area (TPSA) is 55.4 Å². The molecule has 0 aromatic rings. The Labute approximate surface area is 89.8 Å². The Morgan fingerprint density at radius 1 is 1.25 bits per heavy atom. The molecule has 0 saturated carbocycles. The number of nitrogens with one attached hydrogen (secondary N) is 1. The third-order valence-electron chi connectivity index (χ3n) is 1.21. The van der Waals surface area contributed by atoms with E-state index in [-0.39, 0.29) is 6.61 Å². The second-order valence-electron chi connectivity index (χ2n) is 2.45. The van der Waals surface area contributed by atoms with Gasteiger partial charge < -0.3 is 10.1 Å². The van der Waals surface area contributed by atoms with Gasteiger partial charge in [0.15, 0.2) is 0 Å². The van der Waals surface area contributed by atoms with E-state index in [0.29, 0.717) is 6.08 Å². The molecule has 0 spiro atoms. The summed E-state index contributed by atoms with van der Waals surface area (Å²) in [6, 6.07) is 0. The molecule has 16 heavy (non-hydrogen) atoms. The number of hydrogen-bond donors (Lipinski definition) is 1. The van der Waals surface area contributed by atoms with Crippen LogP contribution < -0.4 is 5.32 Å². The van der Waals surface area contributed by atoms with E-state index in [1.54, 1.807) is 6.92 Å². The van der Waals surface area contributed by atoms with E-state index in [9.17, 15) is 22.8 Å². The van der Waals surface area contributed by atoms with Crippen LogP contribution in [-0.4, -0.2) is 24.5 Å². The molecule has 0 fully saturated rings. The summed E-state index contributed by atoms with van der Waals surface area (Å²) >= 11 is 0. The van der Waals surface area contributed by atoms with Crippen LogP contribution in [0.3, 0.4) is 0 Å². The van der Waals surface area contributed by atoms with Crippen LogP contribution in [0.5, 0.6) is 0 Å². The lowest BCUT2D eigenvalue weighted by atomic mass is 10.4. The van der Waals surface area contributed by atoms with Gasteiger partial charge in [0.2, 0.25) is 0 Å². The minimum Gasteiger partial charge on any atom is -0.463 e. The Kier molecular flexibility index (Phi) is 5.91. The number of carbonyl (C=O) groups excluding carboxylic acids is 2. The van der Waals surface area contributed by atoms with E-state index in [1.165, 1.54) is 0 Å². The first-order valence-electron chi connectivity index (χ1n) is 4.25. The Bertz CT molecular complexity index is 308. The summed E-state index contributed by atoms with van der Waals surface area (Å²) in [5, 5.41) is 2.19. The number of carbonyl (C=O) groups is 2. The van der Waals surface area contributed by atoms with Crippen LogP contribution in [0, 0.1) is 0 Å². The molecular formula is C9H10F3NO3. The molecular weight excluding hydrogens is 227 g/mol. The monoisotopic (exact) mass is 237 g/mol. The van der Waals surface area contributed by atoms with Crippen LogP contribution in [0.1, 0.15) is 6.92 Å². The second-order valence-corrected chi connectivity index (χ2v) is 2.45. The summed E-state index contributed by atoms with van der Waals surface area (Å²) in [5.41, 5.74) is 0. The SMILES string of the molecule is CCOC(=O)C=CNC=CC(=O)C(F)(F)F. The van der Waals surface area contributed by atoms with E-state index >= 15 is 0 Å². The molecule has 0 bridgehead atoms. The normalized spacial score (nSPS) is 12.0. The summed E-state index contributed by atoms with van der Waals surface area (Å²) in [6.07, 6.45) is -1.77. The van der Waals surface area contributed by atoms with Gasteiger partial charge in [0.05, 0.1) is 6.61 Å². The van der Waals surface area contributed by atoms with Gasteiger partial charge in [-0.1, -0.05) is 0 Å². The minimum absolute atomic E-state index is 0.200. The first kappa shape index (κ1) is 14.2. The van der Waals surface area contributed by atoms with Crippen LogP contribution in [0.2, 0.25) is 0 Å². The van der Waals surface area contributed by atoms with Gasteiger partial charge in [-0.3, -0.25) is 4.79 Å². The fourth-order valence-corrected chi connectivity index (χ4v) is 0.580. The van der Waals surface area contributed by atoms with Crippen LogP contribution in [0.15, 0.2) is 24.6 Å². The first-order valence-corrected chi connectivity index (χ1v) is 4.25. The largest absolute Gasteiger partial charge is 0.463 e. The fourth-order valence-electron chi connectivity index (χ4n) is 0.580. The van der Waals surface area contributed by atoms with Gasteiger partial charge >= 0.3 is 12.1 Å². The van der Waals surface area contributed by atoms with Crippen LogP contribution >= 0.6 is 0 Å². The second kappa shape index (κ2) is 6.65. The molecule has 0 saturated heterocycles. The molecule has 0 aliphatic rings. The molecule has 0 heterocycles. The van der Waals surface area contributed by atoms with Crippen molar-refractivity contribution < 1.29 is 27.5 Å². The van der Waals surface area contributed by atoms with Crippen molar-refractivity contribution in [1.82, 2.24) is 5.32 Å². The van der Waals surface area contributed by atoms with Crippen LogP contribution in [0.25, 0.3) is 0 Å². The van der Waals surface area contributed by atoms with E-state index < -0.39 is 17.9 Å². The zero-order chi connectivity index (χ0) is 12.6. The lowest BCUT2D eigenvalue weighted by Crippen LogP contribution is -2.20. The van der Waals surface area contributed by atoms with Crippen molar-refractivity contribution in [1.29, 1.82) is 0 Å². The van der Waals surface area contributed by atoms with Gasteiger partial charge in [0.1, 0.15) is 0 Å². The van der Waals surface area contributed by atoms with Crippen molar-refractivity contribution in [2.45, 2.75) is 13.1 Å². The van der Waals surface area contributed by atoms with E-state index in [2.05, 4.69) is 10.1 Å². The maximum Gasteiger partial charge on any atom is 0.454 e. The molecule has 0 aromatic carbocycles. The Morgan fingerprint density at radius 3 is 2.31 bits per heavy atom. The number of rotatable bonds is 5. The van der Waals surface area contributed by atoms with E-state index in [1.807, 2.05) is 0 Å². The third kappa shape index (κ3) is 6.63. The number of halogens is 3. The van der Waals surface area contributed by atoms with Gasteiger partial charge in [-0.25, -0.2) is 4.79 Å². The Balaban J connectivity index is 3.95. The summed E-state index contributed by atoms with van der Waals surface area (Å²) in [6.45, 7) is 1.81. The highest BCUT2D eigenvalue weighted by Gasteiger charge is 2.35. The molecule has 0 aromatic heterocycles. The number of hydrogen-bond acceptors (Lipinski definition) is 4. The lowest BCUT2D eigenvalue weighted by molar-refractivity contribution is -0.165. The van der Waals surface area contributed by atoms with Gasteiger partial charge in [-0.05, 0) is 6.92 Å². The Morgan fingerprint density at radius 2 is 1.81 bits per heavy atom. The van der Waals surface area contributed by atoms with Crippen LogP contribution in [0.4, 0.5) is 13.2 Å².